The molecule has 0 radical (unpaired) electrons. The van der Waals surface area contributed by atoms with Crippen LogP contribution in [0.5, 0.6) is 5.75 Å². The number of hydrogen-bond acceptors (Lipinski definition) is 1. The second kappa shape index (κ2) is 3.07. The van der Waals surface area contributed by atoms with Crippen LogP contribution in [0.1, 0.15) is 5.56 Å². The van der Waals surface area contributed by atoms with E-state index in [0.29, 0.717) is 0 Å². The molecule has 1 aromatic carbocycles. The van der Waals surface area contributed by atoms with Gasteiger partial charge in [-0.05, 0) is 0 Å². The molecule has 0 spiro atoms. The highest BCUT2D eigenvalue weighted by Crippen LogP contribution is 2.38. The Kier molecular flexibility index (Phi) is 2.34. The fourth-order valence-corrected chi connectivity index (χ4v) is 0.852. The minimum absolute atomic E-state index is 0.138. The van der Waals surface area contributed by atoms with Gasteiger partial charge in [-0.2, -0.15) is 13.2 Å². The van der Waals surface area contributed by atoms with Gasteiger partial charge in [0.2, 0.25) is 0 Å². The van der Waals surface area contributed by atoms with Crippen LogP contribution in [0.15, 0.2) is 6.07 Å². The maximum absolute atomic E-state index is 12.5. The molecule has 0 aliphatic heterocycles. The Balaban J connectivity index is 3.53. The molecule has 0 amide bonds. The lowest BCUT2D eigenvalue weighted by atomic mass is 10.1. The van der Waals surface area contributed by atoms with Crippen molar-refractivity contribution in [3.63, 3.8) is 0 Å². The van der Waals surface area contributed by atoms with Crippen molar-refractivity contribution in [1.29, 1.82) is 0 Å². The summed E-state index contributed by atoms with van der Waals surface area (Å²) < 4.78 is 72.9. The minimum Gasteiger partial charge on any atom is -0.507 e. The number of halogens is 6. The Morgan fingerprint density at radius 2 is 1.50 bits per heavy atom. The van der Waals surface area contributed by atoms with Crippen LogP contribution in [0.2, 0.25) is 0 Å². The fourth-order valence-electron chi connectivity index (χ4n) is 0.852. The van der Waals surface area contributed by atoms with E-state index in [9.17, 15) is 26.3 Å². The summed E-state index contributed by atoms with van der Waals surface area (Å²) in [5, 5.41) is 8.57. The lowest BCUT2D eigenvalue weighted by molar-refractivity contribution is -0.141. The molecular weight excluding hydrogens is 214 g/mol. The number of phenolic OH excluding ortho intramolecular Hbond substituents is 1. The molecule has 1 nitrogen and oxygen atoms in total. The molecule has 0 aromatic heterocycles. The van der Waals surface area contributed by atoms with Crippen molar-refractivity contribution in [1.82, 2.24) is 0 Å². The zero-order valence-corrected chi connectivity index (χ0v) is 6.29. The molecule has 0 saturated carbocycles. The molecule has 7 heteroatoms. The maximum Gasteiger partial charge on any atom is 0.422 e. The predicted octanol–water partition coefficient (Wildman–Crippen LogP) is 2.83. The molecule has 0 aliphatic carbocycles. The lowest BCUT2D eigenvalue weighted by Gasteiger charge is -2.10. The summed E-state index contributed by atoms with van der Waals surface area (Å²) in [5.41, 5.74) is -2.21. The standard InChI is InChI=1S/C7H2F6O/c8-2-1-3(14)4(7(11,12)13)6(10)5(2)9/h1,14H. The van der Waals surface area contributed by atoms with E-state index in [1.54, 1.807) is 0 Å². The second-order valence-electron chi connectivity index (χ2n) is 2.38. The first-order valence-corrected chi connectivity index (χ1v) is 3.18. The highest BCUT2D eigenvalue weighted by atomic mass is 19.4. The van der Waals surface area contributed by atoms with E-state index >= 15 is 0 Å². The van der Waals surface area contributed by atoms with Gasteiger partial charge >= 0.3 is 6.18 Å². The first kappa shape index (κ1) is 10.7. The molecule has 0 saturated heterocycles. The van der Waals surface area contributed by atoms with Gasteiger partial charge in [0.25, 0.3) is 0 Å². The molecule has 0 fully saturated rings. The zero-order chi connectivity index (χ0) is 11.1. The average Bonchev–Trinajstić information content (AvgIpc) is 1.97. The van der Waals surface area contributed by atoms with Crippen LogP contribution in [0.25, 0.3) is 0 Å². The van der Waals surface area contributed by atoms with Gasteiger partial charge in [0.1, 0.15) is 11.3 Å². The van der Waals surface area contributed by atoms with Gasteiger partial charge in [0.15, 0.2) is 17.5 Å². The van der Waals surface area contributed by atoms with Crippen molar-refractivity contribution in [2.24, 2.45) is 0 Å². The first-order valence-electron chi connectivity index (χ1n) is 3.18. The Bertz CT molecular complexity index is 369. The van der Waals surface area contributed by atoms with Crippen LogP contribution in [0.3, 0.4) is 0 Å². The van der Waals surface area contributed by atoms with E-state index in [2.05, 4.69) is 0 Å². The Morgan fingerprint density at radius 3 is 1.93 bits per heavy atom. The van der Waals surface area contributed by atoms with Crippen molar-refractivity contribution in [3.8, 4) is 5.75 Å². The topological polar surface area (TPSA) is 20.2 Å². The summed E-state index contributed by atoms with van der Waals surface area (Å²) in [5.74, 6) is -8.29. The van der Waals surface area contributed by atoms with Gasteiger partial charge in [-0.25, -0.2) is 13.2 Å². The summed E-state index contributed by atoms with van der Waals surface area (Å²) in [7, 11) is 0. The van der Waals surface area contributed by atoms with Gasteiger partial charge in [-0.3, -0.25) is 0 Å². The van der Waals surface area contributed by atoms with Crippen LogP contribution in [-0.2, 0) is 6.18 Å². The van der Waals surface area contributed by atoms with E-state index < -0.39 is 34.9 Å². The van der Waals surface area contributed by atoms with Crippen molar-refractivity contribution in [2.45, 2.75) is 6.18 Å². The van der Waals surface area contributed by atoms with Crippen molar-refractivity contribution in [3.05, 3.63) is 29.1 Å². The summed E-state index contributed by atoms with van der Waals surface area (Å²) in [6.45, 7) is 0. The molecular formula is C7H2F6O. The van der Waals surface area contributed by atoms with Gasteiger partial charge < -0.3 is 5.11 Å². The minimum atomic E-state index is -5.28. The van der Waals surface area contributed by atoms with E-state index in [-0.39, 0.29) is 6.07 Å². The number of benzene rings is 1. The van der Waals surface area contributed by atoms with E-state index in [0.717, 1.165) is 0 Å². The molecule has 0 atom stereocenters. The van der Waals surface area contributed by atoms with Crippen LogP contribution >= 0.6 is 0 Å². The van der Waals surface area contributed by atoms with Crippen LogP contribution in [0, 0.1) is 17.5 Å². The lowest BCUT2D eigenvalue weighted by Crippen LogP contribution is -2.11. The fraction of sp³-hybridized carbons (Fsp3) is 0.143. The third-order valence-corrected chi connectivity index (χ3v) is 1.42. The SMILES string of the molecule is Oc1cc(F)c(F)c(F)c1C(F)(F)F. The summed E-state index contributed by atoms with van der Waals surface area (Å²) in [6.07, 6.45) is -5.28. The molecule has 14 heavy (non-hydrogen) atoms. The molecule has 1 N–H and O–H groups in total. The molecule has 0 bridgehead atoms. The van der Waals surface area contributed by atoms with E-state index in [1.165, 1.54) is 0 Å². The third-order valence-electron chi connectivity index (χ3n) is 1.42. The molecule has 0 unspecified atom stereocenters. The summed E-state index contributed by atoms with van der Waals surface area (Å²) in [4.78, 5) is 0. The van der Waals surface area contributed by atoms with Crippen LogP contribution in [-0.4, -0.2) is 5.11 Å². The molecule has 1 aromatic rings. The first-order chi connectivity index (χ1) is 6.25. The predicted molar refractivity (Wildman–Crippen MR) is 33.0 cm³/mol. The zero-order valence-electron chi connectivity index (χ0n) is 6.29. The molecule has 0 aliphatic rings. The van der Waals surface area contributed by atoms with Gasteiger partial charge in [0, 0.05) is 6.07 Å². The number of aromatic hydroxyl groups is 1. The van der Waals surface area contributed by atoms with E-state index in [1.807, 2.05) is 0 Å². The third kappa shape index (κ3) is 1.61. The Hall–Kier alpha value is -1.40. The number of hydrogen-bond donors (Lipinski definition) is 1. The Labute approximate surface area is 73.6 Å². The van der Waals surface area contributed by atoms with Gasteiger partial charge in [0.05, 0.1) is 0 Å². The van der Waals surface area contributed by atoms with Crippen molar-refractivity contribution in [2.75, 3.05) is 0 Å². The highest BCUT2D eigenvalue weighted by Gasteiger charge is 2.39. The average molecular weight is 216 g/mol. The van der Waals surface area contributed by atoms with Crippen molar-refractivity contribution < 1.29 is 31.4 Å². The number of alkyl halides is 3. The molecule has 1 rings (SSSR count). The van der Waals surface area contributed by atoms with Crippen LogP contribution in [0.4, 0.5) is 26.3 Å². The summed E-state index contributed by atoms with van der Waals surface area (Å²) in [6, 6.07) is -0.138. The van der Waals surface area contributed by atoms with Crippen molar-refractivity contribution >= 4 is 0 Å². The monoisotopic (exact) mass is 216 g/mol. The highest BCUT2D eigenvalue weighted by molar-refractivity contribution is 5.37. The smallest absolute Gasteiger partial charge is 0.422 e. The van der Waals surface area contributed by atoms with Crippen LogP contribution < -0.4 is 0 Å². The van der Waals surface area contributed by atoms with Gasteiger partial charge in [-0.15, -0.1) is 0 Å². The van der Waals surface area contributed by atoms with E-state index in [4.69, 9.17) is 5.11 Å². The largest absolute Gasteiger partial charge is 0.507 e. The Morgan fingerprint density at radius 1 is 1.00 bits per heavy atom. The summed E-state index contributed by atoms with van der Waals surface area (Å²) >= 11 is 0. The quantitative estimate of drug-likeness (QED) is 0.522. The number of phenols is 1. The number of rotatable bonds is 0. The maximum atomic E-state index is 12.5. The normalized spacial score (nSPS) is 11.9. The van der Waals surface area contributed by atoms with Gasteiger partial charge in [-0.1, -0.05) is 0 Å². The molecule has 78 valence electrons. The molecule has 0 heterocycles. The second-order valence-corrected chi connectivity index (χ2v) is 2.38.